The Bertz CT molecular complexity index is 976. The third-order valence-corrected chi connectivity index (χ3v) is 4.86. The van der Waals surface area contributed by atoms with Crippen molar-refractivity contribution >= 4 is 50.3 Å². The van der Waals surface area contributed by atoms with E-state index < -0.39 is 5.97 Å². The number of amides is 1. The minimum Gasteiger partial charge on any atom is -0.476 e. The van der Waals surface area contributed by atoms with E-state index in [4.69, 9.17) is 11.6 Å². The van der Waals surface area contributed by atoms with Crippen LogP contribution in [0.5, 0.6) is 0 Å². The van der Waals surface area contributed by atoms with Gasteiger partial charge in [-0.05, 0) is 31.0 Å². The molecule has 2 heterocycles. The minimum atomic E-state index is -1.15. The predicted octanol–water partition coefficient (Wildman–Crippen LogP) is 3.18. The minimum absolute atomic E-state index is 0.0420. The first kappa shape index (κ1) is 15.1. The monoisotopic (exact) mass is 362 g/mol. The lowest BCUT2D eigenvalue weighted by Gasteiger charge is -2.02. The number of halogens is 1. The van der Waals surface area contributed by atoms with E-state index in [0.717, 1.165) is 24.2 Å². The van der Waals surface area contributed by atoms with Crippen LogP contribution in [0.2, 0.25) is 5.02 Å². The molecule has 2 N–H and O–H groups in total. The third kappa shape index (κ3) is 2.63. The second-order valence-corrected chi connectivity index (χ2v) is 6.92. The molecule has 0 spiro atoms. The molecule has 1 amide bonds. The fourth-order valence-corrected chi connectivity index (χ4v) is 3.45. The average Bonchev–Trinajstić information content (AvgIpc) is 3.21. The van der Waals surface area contributed by atoms with Crippen LogP contribution >= 0.6 is 22.9 Å². The highest BCUT2D eigenvalue weighted by Crippen LogP contribution is 2.34. The smallest absolute Gasteiger partial charge is 0.358 e. The van der Waals surface area contributed by atoms with Crippen molar-refractivity contribution in [2.24, 2.45) is 5.92 Å². The molecule has 0 saturated heterocycles. The number of thiazole rings is 1. The summed E-state index contributed by atoms with van der Waals surface area (Å²) >= 11 is 7.10. The molecular weight excluding hydrogens is 352 g/mol. The molecule has 1 fully saturated rings. The number of nitrogens with zero attached hydrogens (tertiary/aromatic N) is 3. The molecule has 7 nitrogen and oxygen atoms in total. The summed E-state index contributed by atoms with van der Waals surface area (Å²) in [4.78, 5) is 27.7. The van der Waals surface area contributed by atoms with Gasteiger partial charge in [0.25, 0.3) is 0 Å². The number of hydrogen-bond acceptors (Lipinski definition) is 5. The summed E-state index contributed by atoms with van der Waals surface area (Å²) in [7, 11) is 0. The van der Waals surface area contributed by atoms with E-state index in [2.05, 4.69) is 15.4 Å². The summed E-state index contributed by atoms with van der Waals surface area (Å²) < 4.78 is 1.84. The number of carbonyl (C=O) groups is 2. The fraction of sp³-hybridized carbons (Fsp3) is 0.200. The molecule has 1 aliphatic rings. The van der Waals surface area contributed by atoms with Crippen LogP contribution in [0.15, 0.2) is 24.3 Å². The maximum absolute atomic E-state index is 11.9. The van der Waals surface area contributed by atoms with Crippen LogP contribution in [0, 0.1) is 5.92 Å². The van der Waals surface area contributed by atoms with Crippen molar-refractivity contribution < 1.29 is 14.7 Å². The van der Waals surface area contributed by atoms with Crippen molar-refractivity contribution in [2.75, 3.05) is 5.32 Å². The van der Waals surface area contributed by atoms with Crippen LogP contribution in [0.1, 0.15) is 23.3 Å². The molecule has 2 aromatic heterocycles. The Morgan fingerprint density at radius 1 is 1.38 bits per heavy atom. The summed E-state index contributed by atoms with van der Waals surface area (Å²) in [5, 5.41) is 17.1. The molecule has 0 atom stereocenters. The van der Waals surface area contributed by atoms with Crippen LogP contribution in [0.4, 0.5) is 5.13 Å². The highest BCUT2D eigenvalue weighted by atomic mass is 35.5. The van der Waals surface area contributed by atoms with E-state index in [1.807, 2.05) is 0 Å². The van der Waals surface area contributed by atoms with E-state index in [9.17, 15) is 14.7 Å². The summed E-state index contributed by atoms with van der Waals surface area (Å²) in [6.45, 7) is 0. The zero-order valence-electron chi connectivity index (χ0n) is 12.2. The largest absolute Gasteiger partial charge is 0.476 e. The number of aromatic carboxylic acids is 1. The van der Waals surface area contributed by atoms with Crippen LogP contribution in [-0.2, 0) is 4.79 Å². The maximum Gasteiger partial charge on any atom is 0.358 e. The molecule has 3 aromatic rings. The lowest BCUT2D eigenvalue weighted by molar-refractivity contribution is -0.117. The number of carboxylic acid groups (broad SMARTS) is 1. The van der Waals surface area contributed by atoms with E-state index >= 15 is 0 Å². The van der Waals surface area contributed by atoms with E-state index in [0.29, 0.717) is 26.2 Å². The average molecular weight is 363 g/mol. The van der Waals surface area contributed by atoms with Crippen molar-refractivity contribution in [3.8, 4) is 5.69 Å². The number of carboxylic acids is 1. The number of aromatic nitrogens is 3. The topological polar surface area (TPSA) is 97.1 Å². The maximum atomic E-state index is 11.9. The molecule has 9 heteroatoms. The number of hydrogen-bond donors (Lipinski definition) is 2. The van der Waals surface area contributed by atoms with Gasteiger partial charge in [-0.3, -0.25) is 4.79 Å². The normalized spacial score (nSPS) is 14.0. The van der Waals surface area contributed by atoms with Crippen LogP contribution in [0.3, 0.4) is 0 Å². The van der Waals surface area contributed by atoms with Crippen molar-refractivity contribution in [3.63, 3.8) is 0 Å². The van der Waals surface area contributed by atoms with Crippen LogP contribution in [0.25, 0.3) is 16.0 Å². The Labute approximate surface area is 144 Å². The fourth-order valence-electron chi connectivity index (χ4n) is 2.34. The summed E-state index contributed by atoms with van der Waals surface area (Å²) in [6.07, 6.45) is 1.76. The van der Waals surface area contributed by atoms with E-state index in [-0.39, 0.29) is 17.5 Å². The Morgan fingerprint density at radius 2 is 2.17 bits per heavy atom. The van der Waals surface area contributed by atoms with Crippen molar-refractivity contribution in [2.45, 2.75) is 12.8 Å². The lowest BCUT2D eigenvalue weighted by Crippen LogP contribution is -2.13. The molecule has 1 aliphatic carbocycles. The van der Waals surface area contributed by atoms with E-state index in [1.54, 1.807) is 24.3 Å². The first-order valence-corrected chi connectivity index (χ1v) is 8.42. The number of nitrogens with one attached hydrogen (secondary N) is 1. The number of fused-ring (bicyclic) bond motifs is 1. The van der Waals surface area contributed by atoms with Gasteiger partial charge < -0.3 is 10.4 Å². The lowest BCUT2D eigenvalue weighted by atomic mass is 10.3. The van der Waals surface area contributed by atoms with E-state index in [1.165, 1.54) is 4.68 Å². The number of anilines is 1. The Balaban J connectivity index is 1.82. The quantitative estimate of drug-likeness (QED) is 0.742. The zero-order chi connectivity index (χ0) is 16.8. The first-order chi connectivity index (χ1) is 11.5. The second-order valence-electron chi connectivity index (χ2n) is 5.48. The SMILES string of the molecule is O=C(O)c1nn(-c2cccc(Cl)c2)c2nc(NC(=O)C3CC3)sc12. The van der Waals surface area contributed by atoms with Gasteiger partial charge in [0, 0.05) is 10.9 Å². The Hall–Kier alpha value is -2.45. The van der Waals surface area contributed by atoms with Crippen LogP contribution in [-0.4, -0.2) is 31.7 Å². The van der Waals surface area contributed by atoms with Gasteiger partial charge in [0.15, 0.2) is 16.5 Å². The number of benzene rings is 1. The van der Waals surface area contributed by atoms with Crippen molar-refractivity contribution in [1.82, 2.24) is 14.8 Å². The Morgan fingerprint density at radius 3 is 2.83 bits per heavy atom. The van der Waals surface area contributed by atoms with Gasteiger partial charge in [0.2, 0.25) is 5.91 Å². The Kier molecular flexibility index (Phi) is 3.50. The molecule has 0 aliphatic heterocycles. The standard InChI is InChI=1S/C15H11ClN4O3S/c16-8-2-1-3-9(6-8)20-12-11(10(19-20)14(22)23)24-15(17-12)18-13(21)7-4-5-7/h1-3,6-7H,4-5H2,(H,22,23)(H,17,18,21). The van der Waals surface area contributed by atoms with Gasteiger partial charge in [-0.25, -0.2) is 9.48 Å². The zero-order valence-corrected chi connectivity index (χ0v) is 13.8. The summed E-state index contributed by atoms with van der Waals surface area (Å²) in [5.41, 5.74) is 0.880. The predicted molar refractivity (Wildman–Crippen MR) is 90.1 cm³/mol. The summed E-state index contributed by atoms with van der Waals surface area (Å²) in [6, 6.07) is 6.88. The molecule has 4 rings (SSSR count). The van der Waals surface area contributed by atoms with Crippen LogP contribution < -0.4 is 5.32 Å². The summed E-state index contributed by atoms with van der Waals surface area (Å²) in [5.74, 6) is -1.18. The van der Waals surface area contributed by atoms with Gasteiger partial charge in [-0.1, -0.05) is 29.0 Å². The molecular formula is C15H11ClN4O3S. The first-order valence-electron chi connectivity index (χ1n) is 7.22. The van der Waals surface area contributed by atoms with Gasteiger partial charge in [-0.15, -0.1) is 0 Å². The molecule has 1 aromatic carbocycles. The molecule has 122 valence electrons. The van der Waals surface area contributed by atoms with Gasteiger partial charge >= 0.3 is 5.97 Å². The number of carbonyl (C=O) groups excluding carboxylic acids is 1. The molecule has 24 heavy (non-hydrogen) atoms. The van der Waals surface area contributed by atoms with Crippen molar-refractivity contribution in [3.05, 3.63) is 35.0 Å². The third-order valence-electron chi connectivity index (χ3n) is 3.66. The van der Waals surface area contributed by atoms with Gasteiger partial charge in [0.1, 0.15) is 4.70 Å². The molecule has 1 saturated carbocycles. The highest BCUT2D eigenvalue weighted by Gasteiger charge is 2.31. The molecule has 0 unspecified atom stereocenters. The second kappa shape index (κ2) is 5.57. The van der Waals surface area contributed by atoms with Gasteiger partial charge in [0.05, 0.1) is 5.69 Å². The molecule has 0 radical (unpaired) electrons. The van der Waals surface area contributed by atoms with Crippen molar-refractivity contribution in [1.29, 1.82) is 0 Å². The number of rotatable bonds is 4. The molecule has 0 bridgehead atoms. The van der Waals surface area contributed by atoms with Gasteiger partial charge in [-0.2, -0.15) is 10.1 Å². The highest BCUT2D eigenvalue weighted by molar-refractivity contribution is 7.22.